The van der Waals surface area contributed by atoms with Crippen LogP contribution < -0.4 is 4.74 Å². The summed E-state index contributed by atoms with van der Waals surface area (Å²) in [6.45, 7) is 3.42. The van der Waals surface area contributed by atoms with Crippen molar-refractivity contribution < 1.29 is 9.53 Å². The van der Waals surface area contributed by atoms with E-state index < -0.39 is 0 Å². The van der Waals surface area contributed by atoms with Crippen LogP contribution >= 0.6 is 0 Å². The fourth-order valence-electron chi connectivity index (χ4n) is 3.17. The van der Waals surface area contributed by atoms with Gasteiger partial charge in [0.05, 0.1) is 18.7 Å². The van der Waals surface area contributed by atoms with Crippen LogP contribution in [-0.4, -0.2) is 65.0 Å². The van der Waals surface area contributed by atoms with Crippen LogP contribution in [0.15, 0.2) is 18.6 Å². The Morgan fingerprint density at radius 3 is 2.95 bits per heavy atom. The summed E-state index contributed by atoms with van der Waals surface area (Å²) in [6.07, 6.45) is 7.87. The molecule has 0 N–H and O–H groups in total. The minimum Gasteiger partial charge on any atom is -0.471 e. The monoisotopic (exact) mass is 290 g/mol. The van der Waals surface area contributed by atoms with Gasteiger partial charge in [0.1, 0.15) is 6.10 Å². The molecule has 0 radical (unpaired) electrons. The Labute approximate surface area is 125 Å². The first-order chi connectivity index (χ1) is 10.2. The van der Waals surface area contributed by atoms with Crippen LogP contribution in [0.2, 0.25) is 0 Å². The van der Waals surface area contributed by atoms with E-state index in [0.29, 0.717) is 12.4 Å². The Morgan fingerprint density at radius 2 is 2.19 bits per heavy atom. The van der Waals surface area contributed by atoms with Gasteiger partial charge in [0.2, 0.25) is 11.8 Å². The SMILES string of the molecule is CN1CCCC(C(=O)N2CCC(Oc3cnccn3)C2)C1. The first kappa shape index (κ1) is 14.3. The van der Waals surface area contributed by atoms with Crippen LogP contribution in [0.5, 0.6) is 5.88 Å². The van der Waals surface area contributed by atoms with Gasteiger partial charge < -0.3 is 14.5 Å². The van der Waals surface area contributed by atoms with Crippen molar-refractivity contribution in [3.05, 3.63) is 18.6 Å². The fraction of sp³-hybridized carbons (Fsp3) is 0.667. The van der Waals surface area contributed by atoms with Gasteiger partial charge in [-0.15, -0.1) is 0 Å². The van der Waals surface area contributed by atoms with Crippen LogP contribution in [0, 0.1) is 5.92 Å². The van der Waals surface area contributed by atoms with Crippen LogP contribution in [-0.2, 0) is 4.79 Å². The maximum absolute atomic E-state index is 12.6. The third-order valence-electron chi connectivity index (χ3n) is 4.26. The largest absolute Gasteiger partial charge is 0.471 e. The van der Waals surface area contributed by atoms with Crippen molar-refractivity contribution in [3.8, 4) is 5.88 Å². The number of ether oxygens (including phenoxy) is 1. The van der Waals surface area contributed by atoms with Crippen molar-refractivity contribution in [2.75, 3.05) is 33.2 Å². The predicted octanol–water partition coefficient (Wildman–Crippen LogP) is 0.798. The number of nitrogens with zero attached hydrogens (tertiary/aromatic N) is 4. The number of piperidine rings is 1. The van der Waals surface area contributed by atoms with Crippen LogP contribution in [0.4, 0.5) is 0 Å². The Bertz CT molecular complexity index is 482. The molecule has 1 amide bonds. The highest BCUT2D eigenvalue weighted by Crippen LogP contribution is 2.22. The molecule has 2 aliphatic heterocycles. The highest BCUT2D eigenvalue weighted by Gasteiger charge is 2.33. The van der Waals surface area contributed by atoms with E-state index in [9.17, 15) is 4.79 Å². The van der Waals surface area contributed by atoms with Crippen molar-refractivity contribution >= 4 is 5.91 Å². The molecule has 3 rings (SSSR count). The molecule has 0 spiro atoms. The molecule has 0 bridgehead atoms. The number of rotatable bonds is 3. The number of amides is 1. The maximum Gasteiger partial charge on any atom is 0.232 e. The molecule has 1 aromatic heterocycles. The number of hydrogen-bond acceptors (Lipinski definition) is 5. The average molecular weight is 290 g/mol. The van der Waals surface area contributed by atoms with Gasteiger partial charge in [-0.05, 0) is 26.4 Å². The molecule has 0 saturated carbocycles. The van der Waals surface area contributed by atoms with Crippen LogP contribution in [0.1, 0.15) is 19.3 Å². The summed E-state index contributed by atoms with van der Waals surface area (Å²) in [5.41, 5.74) is 0. The number of likely N-dealkylation sites (tertiary alicyclic amines) is 2. The number of aromatic nitrogens is 2. The second-order valence-electron chi connectivity index (χ2n) is 5.96. The Balaban J connectivity index is 1.53. The van der Waals surface area contributed by atoms with E-state index in [2.05, 4.69) is 21.9 Å². The molecule has 114 valence electrons. The first-order valence-electron chi connectivity index (χ1n) is 7.62. The molecule has 2 atom stereocenters. The summed E-state index contributed by atoms with van der Waals surface area (Å²) in [4.78, 5) is 24.9. The third kappa shape index (κ3) is 3.50. The topological polar surface area (TPSA) is 58.6 Å². The maximum atomic E-state index is 12.6. The molecule has 21 heavy (non-hydrogen) atoms. The van der Waals surface area contributed by atoms with Crippen molar-refractivity contribution in [1.82, 2.24) is 19.8 Å². The zero-order valence-electron chi connectivity index (χ0n) is 12.4. The Kier molecular flexibility index (Phi) is 4.34. The lowest BCUT2D eigenvalue weighted by Crippen LogP contribution is -2.43. The second-order valence-corrected chi connectivity index (χ2v) is 5.96. The summed E-state index contributed by atoms with van der Waals surface area (Å²) >= 11 is 0. The van der Waals surface area contributed by atoms with Crippen molar-refractivity contribution in [2.24, 2.45) is 5.92 Å². The van der Waals surface area contributed by atoms with E-state index >= 15 is 0 Å². The van der Waals surface area contributed by atoms with E-state index in [1.807, 2.05) is 4.90 Å². The highest BCUT2D eigenvalue weighted by molar-refractivity contribution is 5.79. The van der Waals surface area contributed by atoms with Gasteiger partial charge >= 0.3 is 0 Å². The zero-order chi connectivity index (χ0) is 14.7. The summed E-state index contributed by atoms with van der Waals surface area (Å²) < 4.78 is 5.79. The molecule has 3 heterocycles. The molecule has 2 unspecified atom stereocenters. The fourth-order valence-corrected chi connectivity index (χ4v) is 3.17. The van der Waals surface area contributed by atoms with E-state index in [0.717, 1.165) is 38.9 Å². The highest BCUT2D eigenvalue weighted by atomic mass is 16.5. The quantitative estimate of drug-likeness (QED) is 0.824. The second kappa shape index (κ2) is 6.39. The molecule has 2 fully saturated rings. The molecular weight excluding hydrogens is 268 g/mol. The minimum absolute atomic E-state index is 0.0342. The Hall–Kier alpha value is -1.69. The van der Waals surface area contributed by atoms with E-state index in [1.54, 1.807) is 18.6 Å². The lowest BCUT2D eigenvalue weighted by atomic mass is 9.97. The molecule has 2 saturated heterocycles. The Morgan fingerprint density at radius 1 is 1.29 bits per heavy atom. The van der Waals surface area contributed by atoms with E-state index in [4.69, 9.17) is 4.74 Å². The number of hydrogen-bond donors (Lipinski definition) is 0. The number of carbonyl (C=O) groups is 1. The van der Waals surface area contributed by atoms with Crippen LogP contribution in [0.3, 0.4) is 0 Å². The van der Waals surface area contributed by atoms with Crippen molar-refractivity contribution in [1.29, 1.82) is 0 Å². The standard InChI is InChI=1S/C15H22N4O2/c1-18-7-2-3-12(10-18)15(20)19-8-4-13(11-19)21-14-9-16-5-6-17-14/h5-6,9,12-13H,2-4,7-8,10-11H2,1H3. The molecule has 6 heteroatoms. The van der Waals surface area contributed by atoms with Crippen molar-refractivity contribution in [3.63, 3.8) is 0 Å². The van der Waals surface area contributed by atoms with Gasteiger partial charge in [-0.25, -0.2) is 4.98 Å². The van der Waals surface area contributed by atoms with Gasteiger partial charge in [-0.3, -0.25) is 9.78 Å². The number of carbonyl (C=O) groups excluding carboxylic acids is 1. The summed E-state index contributed by atoms with van der Waals surface area (Å²) in [6, 6.07) is 0. The third-order valence-corrected chi connectivity index (χ3v) is 4.26. The van der Waals surface area contributed by atoms with E-state index in [1.165, 1.54) is 0 Å². The predicted molar refractivity (Wildman–Crippen MR) is 77.9 cm³/mol. The lowest BCUT2D eigenvalue weighted by Gasteiger charge is -2.31. The van der Waals surface area contributed by atoms with Gasteiger partial charge in [-0.2, -0.15) is 0 Å². The lowest BCUT2D eigenvalue weighted by molar-refractivity contribution is -0.136. The van der Waals surface area contributed by atoms with Gasteiger partial charge in [0.15, 0.2) is 0 Å². The molecule has 0 aliphatic carbocycles. The van der Waals surface area contributed by atoms with Gasteiger partial charge in [0, 0.05) is 31.9 Å². The summed E-state index contributed by atoms with van der Waals surface area (Å²) in [5.74, 6) is 0.972. The smallest absolute Gasteiger partial charge is 0.232 e. The molecule has 6 nitrogen and oxygen atoms in total. The molecule has 0 aromatic carbocycles. The normalized spacial score (nSPS) is 26.8. The molecular formula is C15H22N4O2. The van der Waals surface area contributed by atoms with Crippen molar-refractivity contribution in [2.45, 2.75) is 25.4 Å². The van der Waals surface area contributed by atoms with Gasteiger partial charge in [0.25, 0.3) is 0 Å². The summed E-state index contributed by atoms with van der Waals surface area (Å²) in [7, 11) is 2.09. The molecule has 2 aliphatic rings. The van der Waals surface area contributed by atoms with E-state index in [-0.39, 0.29) is 17.9 Å². The van der Waals surface area contributed by atoms with Crippen LogP contribution in [0.25, 0.3) is 0 Å². The average Bonchev–Trinajstić information content (AvgIpc) is 2.96. The first-order valence-corrected chi connectivity index (χ1v) is 7.62. The van der Waals surface area contributed by atoms with Gasteiger partial charge in [-0.1, -0.05) is 0 Å². The minimum atomic E-state index is 0.0342. The summed E-state index contributed by atoms with van der Waals surface area (Å²) in [5, 5.41) is 0. The molecule has 1 aromatic rings. The zero-order valence-corrected chi connectivity index (χ0v) is 12.4.